The lowest BCUT2D eigenvalue weighted by Gasteiger charge is -2.10. The fourth-order valence-electron chi connectivity index (χ4n) is 3.15. The number of nitrogens with zero attached hydrogens (tertiary/aromatic N) is 3. The van der Waals surface area contributed by atoms with Crippen molar-refractivity contribution in [3.05, 3.63) is 88.8 Å². The van der Waals surface area contributed by atoms with E-state index < -0.39 is 0 Å². The molecule has 8 heteroatoms. The van der Waals surface area contributed by atoms with Gasteiger partial charge in [0.25, 0.3) is 0 Å². The van der Waals surface area contributed by atoms with Gasteiger partial charge in [-0.25, -0.2) is 0 Å². The van der Waals surface area contributed by atoms with Crippen molar-refractivity contribution in [3.8, 4) is 11.4 Å². The minimum atomic E-state index is -0.0831. The van der Waals surface area contributed by atoms with E-state index in [1.807, 2.05) is 60.0 Å². The molecule has 4 rings (SSSR count). The number of amides is 1. The van der Waals surface area contributed by atoms with Crippen LogP contribution in [0, 0.1) is 6.92 Å². The molecule has 0 fully saturated rings. The third-order valence-electron chi connectivity index (χ3n) is 4.71. The van der Waals surface area contributed by atoms with Gasteiger partial charge >= 0.3 is 0 Å². The molecular weight excluding hydrogens is 432 g/mol. The van der Waals surface area contributed by atoms with Crippen molar-refractivity contribution in [1.82, 2.24) is 20.1 Å². The zero-order chi connectivity index (χ0) is 21.6. The Bertz CT molecular complexity index is 1170. The average Bonchev–Trinajstić information content (AvgIpc) is 3.37. The van der Waals surface area contributed by atoms with E-state index in [4.69, 9.17) is 16.0 Å². The second-order valence-electron chi connectivity index (χ2n) is 6.96. The summed E-state index contributed by atoms with van der Waals surface area (Å²) in [7, 11) is 0. The average molecular weight is 453 g/mol. The number of carbonyl (C=O) groups is 1. The largest absolute Gasteiger partial charge is 0.469 e. The Morgan fingerprint density at radius 3 is 2.65 bits per heavy atom. The molecule has 0 saturated carbocycles. The molecule has 0 aliphatic heterocycles. The van der Waals surface area contributed by atoms with Gasteiger partial charge in [-0.15, -0.1) is 10.2 Å². The molecule has 158 valence electrons. The Labute approximate surface area is 189 Å². The fourth-order valence-corrected chi connectivity index (χ4v) is 4.13. The van der Waals surface area contributed by atoms with Crippen molar-refractivity contribution in [3.63, 3.8) is 0 Å². The number of aromatic nitrogens is 3. The SMILES string of the molecule is Cc1occc1-c1nnc(SCC(=O)NCc2cccc(Cl)c2)n1Cc1ccccc1. The lowest BCUT2D eigenvalue weighted by molar-refractivity contribution is -0.118. The van der Waals surface area contributed by atoms with Crippen LogP contribution in [0.25, 0.3) is 11.4 Å². The summed E-state index contributed by atoms with van der Waals surface area (Å²) in [6, 6.07) is 19.4. The monoisotopic (exact) mass is 452 g/mol. The molecule has 0 radical (unpaired) electrons. The summed E-state index contributed by atoms with van der Waals surface area (Å²) in [5.74, 6) is 1.65. The molecule has 4 aromatic rings. The molecule has 0 spiro atoms. The quantitative estimate of drug-likeness (QED) is 0.382. The first kappa shape index (κ1) is 21.2. The number of aryl methyl sites for hydroxylation is 1. The van der Waals surface area contributed by atoms with Gasteiger partial charge in [0.05, 0.1) is 24.1 Å². The first-order valence-electron chi connectivity index (χ1n) is 9.75. The molecule has 6 nitrogen and oxygen atoms in total. The van der Waals surface area contributed by atoms with E-state index in [9.17, 15) is 4.79 Å². The highest BCUT2D eigenvalue weighted by Gasteiger charge is 2.18. The van der Waals surface area contributed by atoms with Crippen LogP contribution in [0.4, 0.5) is 0 Å². The van der Waals surface area contributed by atoms with E-state index in [1.54, 1.807) is 6.26 Å². The fraction of sp³-hybridized carbons (Fsp3) is 0.174. The number of benzene rings is 2. The van der Waals surface area contributed by atoms with Crippen LogP contribution in [-0.2, 0) is 17.9 Å². The number of halogens is 1. The number of carbonyl (C=O) groups excluding carboxylic acids is 1. The van der Waals surface area contributed by atoms with Gasteiger partial charge in [-0.3, -0.25) is 9.36 Å². The summed E-state index contributed by atoms with van der Waals surface area (Å²) in [6.07, 6.45) is 1.64. The van der Waals surface area contributed by atoms with Crippen LogP contribution in [-0.4, -0.2) is 26.4 Å². The molecule has 0 atom stereocenters. The highest BCUT2D eigenvalue weighted by Crippen LogP contribution is 2.28. The third-order valence-corrected chi connectivity index (χ3v) is 5.91. The Kier molecular flexibility index (Phi) is 6.74. The summed E-state index contributed by atoms with van der Waals surface area (Å²) >= 11 is 7.36. The molecule has 0 bridgehead atoms. The van der Waals surface area contributed by atoms with Gasteiger partial charge in [0.15, 0.2) is 11.0 Å². The van der Waals surface area contributed by atoms with E-state index in [-0.39, 0.29) is 11.7 Å². The Morgan fingerprint density at radius 2 is 1.90 bits per heavy atom. The Hall–Kier alpha value is -3.03. The standard InChI is InChI=1S/C23H21ClN4O2S/c1-16-20(10-11-30-16)22-26-27-23(28(22)14-17-6-3-2-4-7-17)31-15-21(29)25-13-18-8-5-9-19(24)12-18/h2-12H,13-15H2,1H3,(H,25,29). The van der Waals surface area contributed by atoms with Gasteiger partial charge < -0.3 is 9.73 Å². The first-order chi connectivity index (χ1) is 15.1. The molecule has 2 aromatic carbocycles. The maximum atomic E-state index is 12.4. The van der Waals surface area contributed by atoms with Crippen LogP contribution in [0.15, 0.2) is 76.5 Å². The second-order valence-corrected chi connectivity index (χ2v) is 8.34. The van der Waals surface area contributed by atoms with Crippen molar-refractivity contribution < 1.29 is 9.21 Å². The van der Waals surface area contributed by atoms with Crippen LogP contribution in [0.3, 0.4) is 0 Å². The van der Waals surface area contributed by atoms with Crippen LogP contribution < -0.4 is 5.32 Å². The molecule has 1 amide bonds. The lowest BCUT2D eigenvalue weighted by Crippen LogP contribution is -2.24. The molecule has 0 saturated heterocycles. The Balaban J connectivity index is 1.47. The predicted octanol–water partition coefficient (Wildman–Crippen LogP) is 4.96. The minimum Gasteiger partial charge on any atom is -0.469 e. The van der Waals surface area contributed by atoms with Crippen LogP contribution in [0.5, 0.6) is 0 Å². The first-order valence-corrected chi connectivity index (χ1v) is 11.1. The number of rotatable bonds is 8. The predicted molar refractivity (Wildman–Crippen MR) is 122 cm³/mol. The summed E-state index contributed by atoms with van der Waals surface area (Å²) in [6.45, 7) is 2.92. The lowest BCUT2D eigenvalue weighted by atomic mass is 10.2. The van der Waals surface area contributed by atoms with E-state index in [0.717, 1.165) is 28.3 Å². The zero-order valence-corrected chi connectivity index (χ0v) is 18.5. The number of nitrogens with one attached hydrogen (secondary N) is 1. The van der Waals surface area contributed by atoms with E-state index in [0.29, 0.717) is 23.3 Å². The number of thioether (sulfide) groups is 1. The van der Waals surface area contributed by atoms with E-state index in [2.05, 4.69) is 27.6 Å². The summed E-state index contributed by atoms with van der Waals surface area (Å²) in [5.41, 5.74) is 2.97. The van der Waals surface area contributed by atoms with Gasteiger partial charge in [0, 0.05) is 11.6 Å². The molecule has 31 heavy (non-hydrogen) atoms. The van der Waals surface area contributed by atoms with Crippen molar-refractivity contribution in [2.75, 3.05) is 5.75 Å². The molecular formula is C23H21ClN4O2S. The normalized spacial score (nSPS) is 10.9. The van der Waals surface area contributed by atoms with Gasteiger partial charge in [-0.1, -0.05) is 65.8 Å². The van der Waals surface area contributed by atoms with Crippen molar-refractivity contribution in [1.29, 1.82) is 0 Å². The van der Waals surface area contributed by atoms with Crippen molar-refractivity contribution >= 4 is 29.3 Å². The molecule has 2 heterocycles. The number of hydrogen-bond donors (Lipinski definition) is 1. The molecule has 2 aromatic heterocycles. The topological polar surface area (TPSA) is 72.9 Å². The molecule has 0 aliphatic carbocycles. The van der Waals surface area contributed by atoms with Crippen LogP contribution >= 0.6 is 23.4 Å². The molecule has 0 aliphatic rings. The van der Waals surface area contributed by atoms with Crippen molar-refractivity contribution in [2.24, 2.45) is 0 Å². The van der Waals surface area contributed by atoms with Gasteiger partial charge in [-0.05, 0) is 36.2 Å². The molecule has 1 N–H and O–H groups in total. The van der Waals surface area contributed by atoms with Gasteiger partial charge in [-0.2, -0.15) is 0 Å². The highest BCUT2D eigenvalue weighted by molar-refractivity contribution is 7.99. The summed E-state index contributed by atoms with van der Waals surface area (Å²) < 4.78 is 7.47. The second kappa shape index (κ2) is 9.85. The smallest absolute Gasteiger partial charge is 0.230 e. The van der Waals surface area contributed by atoms with Crippen LogP contribution in [0.1, 0.15) is 16.9 Å². The van der Waals surface area contributed by atoms with E-state index >= 15 is 0 Å². The number of furan rings is 1. The van der Waals surface area contributed by atoms with Gasteiger partial charge in [0.1, 0.15) is 5.76 Å². The van der Waals surface area contributed by atoms with E-state index in [1.165, 1.54) is 11.8 Å². The minimum absolute atomic E-state index is 0.0831. The van der Waals surface area contributed by atoms with Gasteiger partial charge in [0.2, 0.25) is 5.91 Å². The Morgan fingerprint density at radius 1 is 1.10 bits per heavy atom. The molecule has 0 unspecified atom stereocenters. The maximum absolute atomic E-state index is 12.4. The third kappa shape index (κ3) is 5.37. The van der Waals surface area contributed by atoms with Crippen LogP contribution in [0.2, 0.25) is 5.02 Å². The number of hydrogen-bond acceptors (Lipinski definition) is 5. The summed E-state index contributed by atoms with van der Waals surface area (Å²) in [5, 5.41) is 13.0. The van der Waals surface area contributed by atoms with Crippen molar-refractivity contribution in [2.45, 2.75) is 25.2 Å². The maximum Gasteiger partial charge on any atom is 0.230 e. The zero-order valence-electron chi connectivity index (χ0n) is 16.9. The summed E-state index contributed by atoms with van der Waals surface area (Å²) in [4.78, 5) is 12.4. The highest BCUT2D eigenvalue weighted by atomic mass is 35.5.